The summed E-state index contributed by atoms with van der Waals surface area (Å²) in [5.41, 5.74) is 8.20. The first-order chi connectivity index (χ1) is 9.79. The first-order valence-electron chi connectivity index (χ1n) is 7.20. The van der Waals surface area contributed by atoms with E-state index in [9.17, 15) is 0 Å². The van der Waals surface area contributed by atoms with E-state index in [1.807, 2.05) is 12.3 Å². The Morgan fingerprint density at radius 1 is 1.50 bits per heavy atom. The Morgan fingerprint density at radius 3 is 3.15 bits per heavy atom. The predicted molar refractivity (Wildman–Crippen MR) is 85.0 cm³/mol. The molecule has 2 aromatic rings. The van der Waals surface area contributed by atoms with Gasteiger partial charge < -0.3 is 10.6 Å². The summed E-state index contributed by atoms with van der Waals surface area (Å²) >= 11 is 1.51. The van der Waals surface area contributed by atoms with Crippen molar-refractivity contribution in [2.24, 2.45) is 5.92 Å². The highest BCUT2D eigenvalue weighted by Crippen LogP contribution is 2.41. The number of anilines is 2. The lowest BCUT2D eigenvalue weighted by Crippen LogP contribution is -2.19. The minimum Gasteiger partial charge on any atom is -0.382 e. The first kappa shape index (κ1) is 13.4. The number of nitrogen functional groups attached to an aromatic ring is 1. The van der Waals surface area contributed by atoms with Crippen molar-refractivity contribution in [3.63, 3.8) is 0 Å². The highest BCUT2D eigenvalue weighted by Gasteiger charge is 2.26. The summed E-state index contributed by atoms with van der Waals surface area (Å²) in [5.74, 6) is 1.43. The largest absolute Gasteiger partial charge is 0.382 e. The Bertz CT molecular complexity index is 567. The molecule has 2 aromatic heterocycles. The molecule has 0 aromatic carbocycles. The molecule has 20 heavy (non-hydrogen) atoms. The normalized spacial score (nSPS) is 18.6. The Hall–Kier alpha value is -1.62. The lowest BCUT2D eigenvalue weighted by Gasteiger charge is -2.18. The first-order valence-corrected chi connectivity index (χ1v) is 7.97. The monoisotopic (exact) mass is 288 g/mol. The quantitative estimate of drug-likeness (QED) is 0.936. The van der Waals surface area contributed by atoms with Gasteiger partial charge in [-0.15, -0.1) is 0 Å². The topological polar surface area (TPSA) is 55.0 Å². The number of hydrogen-bond donors (Lipinski definition) is 1. The number of hydrogen-bond acceptors (Lipinski definition) is 5. The number of aromatic nitrogens is 2. The summed E-state index contributed by atoms with van der Waals surface area (Å²) in [6.07, 6.45) is 7.50. The van der Waals surface area contributed by atoms with Gasteiger partial charge in [0.2, 0.25) is 0 Å². The molecule has 0 saturated carbocycles. The third kappa shape index (κ3) is 2.50. The van der Waals surface area contributed by atoms with Gasteiger partial charge in [0.05, 0.1) is 5.56 Å². The van der Waals surface area contributed by atoms with Crippen LogP contribution in [0.4, 0.5) is 10.8 Å². The fourth-order valence-electron chi connectivity index (χ4n) is 2.95. The lowest BCUT2D eigenvalue weighted by molar-refractivity contribution is 0.530. The van der Waals surface area contributed by atoms with Crippen molar-refractivity contribution in [2.45, 2.75) is 26.2 Å². The van der Waals surface area contributed by atoms with Crippen LogP contribution in [-0.4, -0.2) is 22.4 Å². The van der Waals surface area contributed by atoms with E-state index in [1.165, 1.54) is 35.8 Å². The van der Waals surface area contributed by atoms with Crippen molar-refractivity contribution >= 4 is 22.4 Å². The summed E-state index contributed by atoms with van der Waals surface area (Å²) in [5, 5.41) is 1.20. The molecule has 0 aliphatic carbocycles. The molecule has 0 spiro atoms. The molecule has 5 heteroatoms. The molecular formula is C15H20N4S. The van der Waals surface area contributed by atoms with Gasteiger partial charge in [-0.05, 0) is 36.4 Å². The van der Waals surface area contributed by atoms with E-state index >= 15 is 0 Å². The van der Waals surface area contributed by atoms with Gasteiger partial charge in [-0.25, -0.2) is 0 Å². The lowest BCUT2D eigenvalue weighted by atomic mass is 10.0. The second kappa shape index (κ2) is 5.79. The maximum atomic E-state index is 6.08. The Kier molecular flexibility index (Phi) is 3.87. The number of nitrogens with two attached hydrogens (primary N) is 1. The Labute approximate surface area is 123 Å². The third-order valence-corrected chi connectivity index (χ3v) is 4.84. The smallest absolute Gasteiger partial charge is 0.147 e. The van der Waals surface area contributed by atoms with Crippen molar-refractivity contribution in [3.05, 3.63) is 24.5 Å². The molecule has 1 unspecified atom stereocenters. The van der Waals surface area contributed by atoms with Crippen LogP contribution in [0.5, 0.6) is 0 Å². The van der Waals surface area contributed by atoms with Gasteiger partial charge in [0.15, 0.2) is 0 Å². The molecule has 4 nitrogen and oxygen atoms in total. The fraction of sp³-hybridized carbons (Fsp3) is 0.467. The van der Waals surface area contributed by atoms with Crippen LogP contribution in [0.25, 0.3) is 11.1 Å². The minimum atomic E-state index is 0.622. The molecular weight excluding hydrogens is 268 g/mol. The molecule has 3 rings (SSSR count). The molecule has 3 heterocycles. The van der Waals surface area contributed by atoms with Gasteiger partial charge in [0, 0.05) is 31.0 Å². The van der Waals surface area contributed by atoms with Gasteiger partial charge in [-0.3, -0.25) is 4.98 Å². The average molecular weight is 288 g/mol. The molecule has 0 bridgehead atoms. The Balaban J connectivity index is 1.89. The van der Waals surface area contributed by atoms with E-state index < -0.39 is 0 Å². The maximum absolute atomic E-state index is 6.08. The van der Waals surface area contributed by atoms with Crippen LogP contribution < -0.4 is 10.6 Å². The van der Waals surface area contributed by atoms with Crippen molar-refractivity contribution < 1.29 is 0 Å². The maximum Gasteiger partial charge on any atom is 0.147 e. The van der Waals surface area contributed by atoms with E-state index in [0.717, 1.165) is 30.1 Å². The molecule has 1 aliphatic rings. The molecule has 0 amide bonds. The molecule has 2 N–H and O–H groups in total. The zero-order valence-corrected chi connectivity index (χ0v) is 12.6. The summed E-state index contributed by atoms with van der Waals surface area (Å²) in [6.45, 7) is 4.50. The summed E-state index contributed by atoms with van der Waals surface area (Å²) in [6, 6.07) is 4.00. The second-order valence-corrected chi connectivity index (χ2v) is 6.13. The molecule has 1 fully saturated rings. The Morgan fingerprint density at radius 2 is 2.40 bits per heavy atom. The standard InChI is InChI=1S/C15H20N4S/c1-2-4-11-6-8-19(10-11)15-13(14(16)18-20-15)12-5-3-7-17-9-12/h3,5,7,9,11H,2,4,6,8,10H2,1H3,(H2,16,18). The number of nitrogens with zero attached hydrogens (tertiary/aromatic N) is 3. The summed E-state index contributed by atoms with van der Waals surface area (Å²) < 4.78 is 4.36. The van der Waals surface area contributed by atoms with Crippen LogP contribution in [0.2, 0.25) is 0 Å². The van der Waals surface area contributed by atoms with Gasteiger partial charge >= 0.3 is 0 Å². The summed E-state index contributed by atoms with van der Waals surface area (Å²) in [4.78, 5) is 6.64. The number of rotatable bonds is 4. The minimum absolute atomic E-state index is 0.622. The van der Waals surface area contributed by atoms with E-state index in [0.29, 0.717) is 5.82 Å². The SMILES string of the molecule is CCCC1CCN(c2snc(N)c2-c2cccnc2)C1. The van der Waals surface area contributed by atoms with Crippen LogP contribution in [0.3, 0.4) is 0 Å². The van der Waals surface area contributed by atoms with Crippen LogP contribution in [0, 0.1) is 5.92 Å². The zero-order chi connectivity index (χ0) is 13.9. The second-order valence-electron chi connectivity index (χ2n) is 5.38. The van der Waals surface area contributed by atoms with Crippen molar-refractivity contribution in [1.82, 2.24) is 9.36 Å². The van der Waals surface area contributed by atoms with Gasteiger partial charge in [0.25, 0.3) is 0 Å². The van der Waals surface area contributed by atoms with E-state index in [2.05, 4.69) is 27.2 Å². The summed E-state index contributed by atoms with van der Waals surface area (Å²) in [7, 11) is 0. The van der Waals surface area contributed by atoms with Gasteiger partial charge in [-0.1, -0.05) is 19.4 Å². The molecule has 106 valence electrons. The predicted octanol–water partition coefficient (Wildman–Crippen LogP) is 3.41. The highest BCUT2D eigenvalue weighted by atomic mass is 32.1. The molecule has 1 aliphatic heterocycles. The van der Waals surface area contributed by atoms with Gasteiger partial charge in [0.1, 0.15) is 10.8 Å². The van der Waals surface area contributed by atoms with Crippen LogP contribution >= 0.6 is 11.5 Å². The van der Waals surface area contributed by atoms with Crippen molar-refractivity contribution in [1.29, 1.82) is 0 Å². The molecule has 1 atom stereocenters. The number of pyridine rings is 1. The molecule has 0 radical (unpaired) electrons. The van der Waals surface area contributed by atoms with Crippen molar-refractivity contribution in [3.8, 4) is 11.1 Å². The van der Waals surface area contributed by atoms with Crippen molar-refractivity contribution in [2.75, 3.05) is 23.7 Å². The average Bonchev–Trinajstić information content (AvgIpc) is 3.07. The van der Waals surface area contributed by atoms with Gasteiger partial charge in [-0.2, -0.15) is 4.37 Å². The van der Waals surface area contributed by atoms with Crippen LogP contribution in [0.1, 0.15) is 26.2 Å². The van der Waals surface area contributed by atoms with Crippen LogP contribution in [0.15, 0.2) is 24.5 Å². The van der Waals surface area contributed by atoms with E-state index in [-0.39, 0.29) is 0 Å². The molecule has 1 saturated heterocycles. The zero-order valence-electron chi connectivity index (χ0n) is 11.7. The highest BCUT2D eigenvalue weighted by molar-refractivity contribution is 7.11. The van der Waals surface area contributed by atoms with Crippen LogP contribution in [-0.2, 0) is 0 Å². The van der Waals surface area contributed by atoms with E-state index in [4.69, 9.17) is 5.73 Å². The fourth-order valence-corrected chi connectivity index (χ4v) is 3.82. The third-order valence-electron chi connectivity index (χ3n) is 3.92. The van der Waals surface area contributed by atoms with E-state index in [1.54, 1.807) is 6.20 Å².